The maximum atomic E-state index is 13.4. The molecule has 0 amide bonds. The molecule has 1 saturated carbocycles. The number of halogens is 2. The van der Waals surface area contributed by atoms with E-state index in [-0.39, 0.29) is 11.9 Å². The van der Waals surface area contributed by atoms with Gasteiger partial charge in [-0.1, -0.05) is 18.5 Å². The molecule has 1 aliphatic rings. The molecule has 0 aromatic heterocycles. The second-order valence-corrected chi connectivity index (χ2v) is 5.08. The fourth-order valence-electron chi connectivity index (χ4n) is 1.65. The van der Waals surface area contributed by atoms with Gasteiger partial charge in [-0.3, -0.25) is 0 Å². The zero-order valence-corrected chi connectivity index (χ0v) is 9.74. The van der Waals surface area contributed by atoms with Crippen LogP contribution in [0.25, 0.3) is 0 Å². The van der Waals surface area contributed by atoms with Crippen molar-refractivity contribution < 1.29 is 4.39 Å². The molecule has 1 aliphatic carbocycles. The van der Waals surface area contributed by atoms with Gasteiger partial charge in [0.15, 0.2) is 0 Å². The van der Waals surface area contributed by atoms with E-state index in [2.05, 4.69) is 19.2 Å². The molecule has 0 saturated heterocycles. The normalized spacial score (nSPS) is 19.7. The lowest BCUT2D eigenvalue weighted by Gasteiger charge is -2.22. The maximum absolute atomic E-state index is 13.4. The van der Waals surface area contributed by atoms with Crippen molar-refractivity contribution in [2.45, 2.75) is 32.7 Å². The van der Waals surface area contributed by atoms with Crippen LogP contribution in [-0.4, -0.2) is 6.04 Å². The van der Waals surface area contributed by atoms with Crippen LogP contribution in [0.5, 0.6) is 0 Å². The summed E-state index contributed by atoms with van der Waals surface area (Å²) in [4.78, 5) is 0. The molecule has 1 aromatic rings. The first-order chi connectivity index (χ1) is 7.01. The first-order valence-corrected chi connectivity index (χ1v) is 5.61. The highest BCUT2D eigenvalue weighted by atomic mass is 35.5. The van der Waals surface area contributed by atoms with Crippen LogP contribution in [-0.2, 0) is 0 Å². The van der Waals surface area contributed by atoms with E-state index in [9.17, 15) is 4.39 Å². The number of benzene rings is 1. The molecule has 0 radical (unpaired) electrons. The van der Waals surface area contributed by atoms with Crippen LogP contribution >= 0.6 is 11.6 Å². The molecular formula is C12H15ClFN. The predicted molar refractivity (Wildman–Crippen MR) is 61.8 cm³/mol. The van der Waals surface area contributed by atoms with Crippen LogP contribution in [0.4, 0.5) is 10.1 Å². The topological polar surface area (TPSA) is 12.0 Å². The molecule has 0 spiro atoms. The van der Waals surface area contributed by atoms with E-state index in [0.717, 1.165) is 0 Å². The van der Waals surface area contributed by atoms with E-state index in [4.69, 9.17) is 11.6 Å². The van der Waals surface area contributed by atoms with Crippen molar-refractivity contribution in [3.05, 3.63) is 29.0 Å². The average Bonchev–Trinajstić information content (AvgIpc) is 2.91. The van der Waals surface area contributed by atoms with Crippen molar-refractivity contribution in [3.8, 4) is 0 Å². The Labute approximate surface area is 94.6 Å². The molecule has 15 heavy (non-hydrogen) atoms. The Kier molecular flexibility index (Phi) is 2.63. The second-order valence-electron chi connectivity index (χ2n) is 4.64. The Bertz CT molecular complexity index is 374. The Balaban J connectivity index is 2.13. The van der Waals surface area contributed by atoms with Gasteiger partial charge in [0.2, 0.25) is 0 Å². The molecule has 1 atom stereocenters. The highest BCUT2D eigenvalue weighted by Gasteiger charge is 2.42. The van der Waals surface area contributed by atoms with Crippen molar-refractivity contribution in [2.75, 3.05) is 5.32 Å². The van der Waals surface area contributed by atoms with E-state index in [1.165, 1.54) is 18.9 Å². The average molecular weight is 228 g/mol. The SMILES string of the molecule is CC(Nc1cc(Cl)ccc1F)C1(C)CC1. The van der Waals surface area contributed by atoms with Gasteiger partial charge in [-0.15, -0.1) is 0 Å². The predicted octanol–water partition coefficient (Wildman–Crippen LogP) is 4.08. The lowest BCUT2D eigenvalue weighted by molar-refractivity contribution is 0.490. The smallest absolute Gasteiger partial charge is 0.146 e. The number of nitrogens with one attached hydrogen (secondary N) is 1. The summed E-state index contributed by atoms with van der Waals surface area (Å²) in [5, 5.41) is 3.76. The summed E-state index contributed by atoms with van der Waals surface area (Å²) in [5.41, 5.74) is 0.831. The summed E-state index contributed by atoms with van der Waals surface area (Å²) in [6.07, 6.45) is 2.42. The summed E-state index contributed by atoms with van der Waals surface area (Å²) in [5.74, 6) is -0.240. The molecule has 3 heteroatoms. The molecule has 0 aliphatic heterocycles. The fraction of sp³-hybridized carbons (Fsp3) is 0.500. The quantitative estimate of drug-likeness (QED) is 0.821. The Morgan fingerprint density at radius 3 is 2.73 bits per heavy atom. The third-order valence-corrected chi connectivity index (χ3v) is 3.62. The molecule has 82 valence electrons. The van der Waals surface area contributed by atoms with Crippen LogP contribution in [0.2, 0.25) is 5.02 Å². The molecule has 1 fully saturated rings. The third kappa shape index (κ3) is 2.25. The first-order valence-electron chi connectivity index (χ1n) is 5.23. The fourth-order valence-corrected chi connectivity index (χ4v) is 1.82. The summed E-state index contributed by atoms with van der Waals surface area (Å²) in [7, 11) is 0. The largest absolute Gasteiger partial charge is 0.380 e. The van der Waals surface area contributed by atoms with Gasteiger partial charge in [-0.25, -0.2) is 4.39 Å². The van der Waals surface area contributed by atoms with Crippen LogP contribution in [0.3, 0.4) is 0 Å². The van der Waals surface area contributed by atoms with Gasteiger partial charge in [0.1, 0.15) is 5.82 Å². The van der Waals surface area contributed by atoms with Crippen LogP contribution in [0.15, 0.2) is 18.2 Å². The van der Waals surface area contributed by atoms with Crippen LogP contribution in [0.1, 0.15) is 26.7 Å². The van der Waals surface area contributed by atoms with Crippen molar-refractivity contribution in [1.29, 1.82) is 0 Å². The summed E-state index contributed by atoms with van der Waals surface area (Å²) in [6, 6.07) is 4.88. The summed E-state index contributed by atoms with van der Waals surface area (Å²) >= 11 is 5.82. The van der Waals surface area contributed by atoms with Gasteiger partial charge in [0, 0.05) is 11.1 Å². The zero-order valence-electron chi connectivity index (χ0n) is 8.98. The van der Waals surface area contributed by atoms with E-state index in [0.29, 0.717) is 16.1 Å². The minimum Gasteiger partial charge on any atom is -0.380 e. The molecule has 1 unspecified atom stereocenters. The van der Waals surface area contributed by atoms with Gasteiger partial charge in [0.05, 0.1) is 5.69 Å². The molecule has 0 bridgehead atoms. The van der Waals surface area contributed by atoms with Crippen molar-refractivity contribution in [2.24, 2.45) is 5.41 Å². The van der Waals surface area contributed by atoms with Crippen molar-refractivity contribution in [3.63, 3.8) is 0 Å². The monoisotopic (exact) mass is 227 g/mol. The molecular weight excluding hydrogens is 213 g/mol. The standard InChI is InChI=1S/C12H15ClFN/c1-8(12(2)5-6-12)15-11-7-9(13)3-4-10(11)14/h3-4,7-8,15H,5-6H2,1-2H3. The van der Waals surface area contributed by atoms with Crippen LogP contribution in [0, 0.1) is 11.2 Å². The van der Waals surface area contributed by atoms with E-state index in [1.807, 2.05) is 0 Å². The van der Waals surface area contributed by atoms with Gasteiger partial charge >= 0.3 is 0 Å². The number of hydrogen-bond acceptors (Lipinski definition) is 1. The Morgan fingerprint density at radius 1 is 1.47 bits per heavy atom. The summed E-state index contributed by atoms with van der Waals surface area (Å²) in [6.45, 7) is 4.31. The minimum absolute atomic E-state index is 0.240. The minimum atomic E-state index is -0.240. The van der Waals surface area contributed by atoms with Gasteiger partial charge in [-0.05, 0) is 43.4 Å². The Morgan fingerprint density at radius 2 is 2.13 bits per heavy atom. The molecule has 0 heterocycles. The number of rotatable bonds is 3. The van der Waals surface area contributed by atoms with Crippen LogP contribution < -0.4 is 5.32 Å². The number of anilines is 1. The first kappa shape index (κ1) is 10.7. The number of hydrogen-bond donors (Lipinski definition) is 1. The molecule has 1 aromatic carbocycles. The van der Waals surface area contributed by atoms with Gasteiger partial charge in [-0.2, -0.15) is 0 Å². The Hall–Kier alpha value is -0.760. The lowest BCUT2D eigenvalue weighted by atomic mass is 10.0. The maximum Gasteiger partial charge on any atom is 0.146 e. The summed E-state index contributed by atoms with van der Waals surface area (Å²) < 4.78 is 13.4. The van der Waals surface area contributed by atoms with Crippen molar-refractivity contribution in [1.82, 2.24) is 0 Å². The van der Waals surface area contributed by atoms with E-state index < -0.39 is 0 Å². The van der Waals surface area contributed by atoms with E-state index >= 15 is 0 Å². The van der Waals surface area contributed by atoms with Gasteiger partial charge in [0.25, 0.3) is 0 Å². The molecule has 2 rings (SSSR count). The van der Waals surface area contributed by atoms with Crippen molar-refractivity contribution >= 4 is 17.3 Å². The highest BCUT2D eigenvalue weighted by Crippen LogP contribution is 2.48. The second kappa shape index (κ2) is 3.67. The highest BCUT2D eigenvalue weighted by molar-refractivity contribution is 6.30. The lowest BCUT2D eigenvalue weighted by Crippen LogP contribution is -2.25. The zero-order chi connectivity index (χ0) is 11.1. The molecule has 1 N–H and O–H groups in total. The molecule has 1 nitrogen and oxygen atoms in total. The third-order valence-electron chi connectivity index (χ3n) is 3.38. The van der Waals surface area contributed by atoms with Gasteiger partial charge < -0.3 is 5.32 Å². The van der Waals surface area contributed by atoms with E-state index in [1.54, 1.807) is 12.1 Å².